The van der Waals surface area contributed by atoms with Crippen molar-refractivity contribution in [1.82, 2.24) is 5.32 Å². The Morgan fingerprint density at radius 1 is 1.29 bits per heavy atom. The predicted octanol–water partition coefficient (Wildman–Crippen LogP) is 2.95. The second kappa shape index (κ2) is 5.55. The van der Waals surface area contributed by atoms with E-state index in [1.165, 1.54) is 12.5 Å². The van der Waals surface area contributed by atoms with Crippen molar-refractivity contribution < 1.29 is 9.21 Å². The summed E-state index contributed by atoms with van der Waals surface area (Å²) in [5.41, 5.74) is 2.60. The summed E-state index contributed by atoms with van der Waals surface area (Å²) in [6.45, 7) is 0.481. The number of rotatable bonds is 4. The molecular formula is C13H12ClNO2. The van der Waals surface area contributed by atoms with Gasteiger partial charge in [-0.1, -0.05) is 24.3 Å². The highest BCUT2D eigenvalue weighted by molar-refractivity contribution is 6.17. The molecule has 0 fully saturated rings. The Labute approximate surface area is 104 Å². The van der Waals surface area contributed by atoms with Crippen molar-refractivity contribution in [2.24, 2.45) is 0 Å². The van der Waals surface area contributed by atoms with Gasteiger partial charge in [0.25, 0.3) is 5.91 Å². The summed E-state index contributed by atoms with van der Waals surface area (Å²) < 4.78 is 4.85. The molecule has 4 heteroatoms. The lowest BCUT2D eigenvalue weighted by Crippen LogP contribution is -2.22. The number of alkyl halides is 1. The molecule has 0 bridgehead atoms. The van der Waals surface area contributed by atoms with E-state index in [0.717, 1.165) is 11.1 Å². The first-order valence-electron chi connectivity index (χ1n) is 5.24. The smallest absolute Gasteiger partial charge is 0.254 e. The van der Waals surface area contributed by atoms with E-state index >= 15 is 0 Å². The first-order valence-corrected chi connectivity index (χ1v) is 5.77. The molecule has 0 spiro atoms. The van der Waals surface area contributed by atoms with Crippen molar-refractivity contribution in [3.8, 4) is 0 Å². The molecular weight excluding hydrogens is 238 g/mol. The lowest BCUT2D eigenvalue weighted by Gasteiger charge is -2.05. The van der Waals surface area contributed by atoms with E-state index < -0.39 is 0 Å². The van der Waals surface area contributed by atoms with Gasteiger partial charge in [-0.25, -0.2) is 0 Å². The quantitative estimate of drug-likeness (QED) is 0.847. The second-order valence-corrected chi connectivity index (χ2v) is 3.92. The van der Waals surface area contributed by atoms with Crippen LogP contribution in [0.5, 0.6) is 0 Å². The fourth-order valence-corrected chi connectivity index (χ4v) is 1.67. The SMILES string of the molecule is O=C(NCc1cccc(CCl)c1)c1ccoc1. The maximum Gasteiger partial charge on any atom is 0.254 e. The van der Waals surface area contributed by atoms with Crippen LogP contribution in [0, 0.1) is 0 Å². The maximum absolute atomic E-state index is 11.6. The molecule has 0 aliphatic carbocycles. The first-order chi connectivity index (χ1) is 8.29. The third-order valence-corrected chi connectivity index (χ3v) is 2.69. The van der Waals surface area contributed by atoms with Crippen LogP contribution in [0.3, 0.4) is 0 Å². The summed E-state index contributed by atoms with van der Waals surface area (Å²) in [6.07, 6.45) is 2.90. The molecule has 1 N–H and O–H groups in total. The average Bonchev–Trinajstić information content (AvgIpc) is 2.90. The maximum atomic E-state index is 11.6. The van der Waals surface area contributed by atoms with E-state index in [2.05, 4.69) is 5.32 Å². The summed E-state index contributed by atoms with van der Waals surface area (Å²) in [7, 11) is 0. The Kier molecular flexibility index (Phi) is 3.83. The number of halogens is 1. The van der Waals surface area contributed by atoms with Crippen LogP contribution in [0.4, 0.5) is 0 Å². The molecule has 17 heavy (non-hydrogen) atoms. The summed E-state index contributed by atoms with van der Waals surface area (Å²) in [5, 5.41) is 2.81. The normalized spacial score (nSPS) is 10.2. The molecule has 0 saturated carbocycles. The van der Waals surface area contributed by atoms with Crippen molar-refractivity contribution in [2.45, 2.75) is 12.4 Å². The van der Waals surface area contributed by atoms with Gasteiger partial charge in [-0.05, 0) is 17.2 Å². The minimum Gasteiger partial charge on any atom is -0.472 e. The molecule has 2 aromatic rings. The molecule has 1 heterocycles. The van der Waals surface area contributed by atoms with E-state index in [1.54, 1.807) is 6.07 Å². The van der Waals surface area contributed by atoms with Crippen LogP contribution in [0.1, 0.15) is 21.5 Å². The first kappa shape index (κ1) is 11.7. The van der Waals surface area contributed by atoms with E-state index in [1.807, 2.05) is 24.3 Å². The van der Waals surface area contributed by atoms with Crippen molar-refractivity contribution in [1.29, 1.82) is 0 Å². The van der Waals surface area contributed by atoms with Crippen LogP contribution in [0.2, 0.25) is 0 Å². The van der Waals surface area contributed by atoms with Gasteiger partial charge >= 0.3 is 0 Å². The molecule has 0 saturated heterocycles. The van der Waals surface area contributed by atoms with Crippen LogP contribution in [0.15, 0.2) is 47.3 Å². The van der Waals surface area contributed by atoms with Crippen LogP contribution in [-0.2, 0) is 12.4 Å². The lowest BCUT2D eigenvalue weighted by molar-refractivity contribution is 0.0950. The number of carbonyl (C=O) groups is 1. The number of amides is 1. The Morgan fingerprint density at radius 2 is 2.12 bits per heavy atom. The second-order valence-electron chi connectivity index (χ2n) is 3.65. The largest absolute Gasteiger partial charge is 0.472 e. The highest BCUT2D eigenvalue weighted by Crippen LogP contribution is 2.08. The number of carbonyl (C=O) groups excluding carboxylic acids is 1. The van der Waals surface area contributed by atoms with Crippen molar-refractivity contribution in [3.05, 3.63) is 59.5 Å². The summed E-state index contributed by atoms with van der Waals surface area (Å²) in [6, 6.07) is 9.43. The molecule has 0 unspecified atom stereocenters. The van der Waals surface area contributed by atoms with Crippen LogP contribution in [-0.4, -0.2) is 5.91 Å². The number of hydrogen-bond donors (Lipinski definition) is 1. The molecule has 0 aliphatic heterocycles. The third kappa shape index (κ3) is 3.11. The zero-order chi connectivity index (χ0) is 12.1. The standard InChI is InChI=1S/C13H12ClNO2/c14-7-10-2-1-3-11(6-10)8-15-13(16)12-4-5-17-9-12/h1-6,9H,7-8H2,(H,15,16). The fraction of sp³-hybridized carbons (Fsp3) is 0.154. The predicted molar refractivity (Wildman–Crippen MR) is 65.9 cm³/mol. The molecule has 1 aromatic carbocycles. The monoisotopic (exact) mass is 249 g/mol. The third-order valence-electron chi connectivity index (χ3n) is 2.38. The summed E-state index contributed by atoms with van der Waals surface area (Å²) in [5.74, 6) is 0.332. The van der Waals surface area contributed by atoms with Crippen molar-refractivity contribution >= 4 is 17.5 Å². The molecule has 1 aromatic heterocycles. The minimum absolute atomic E-state index is 0.143. The zero-order valence-corrected chi connectivity index (χ0v) is 9.91. The number of hydrogen-bond acceptors (Lipinski definition) is 2. The number of furan rings is 1. The fourth-order valence-electron chi connectivity index (χ4n) is 1.50. The molecule has 2 rings (SSSR count). The van der Waals surface area contributed by atoms with Crippen LogP contribution < -0.4 is 5.32 Å². The lowest BCUT2D eigenvalue weighted by atomic mass is 10.1. The van der Waals surface area contributed by atoms with Crippen molar-refractivity contribution in [2.75, 3.05) is 0 Å². The average molecular weight is 250 g/mol. The van der Waals surface area contributed by atoms with E-state index in [-0.39, 0.29) is 5.91 Å². The Hall–Kier alpha value is -1.74. The van der Waals surface area contributed by atoms with Gasteiger partial charge in [0.05, 0.1) is 11.8 Å². The van der Waals surface area contributed by atoms with Crippen LogP contribution >= 0.6 is 11.6 Å². The van der Waals surface area contributed by atoms with Gasteiger partial charge in [0.15, 0.2) is 0 Å². The van der Waals surface area contributed by atoms with E-state index in [4.69, 9.17) is 16.0 Å². The summed E-state index contributed by atoms with van der Waals surface area (Å²) in [4.78, 5) is 11.6. The van der Waals surface area contributed by atoms with E-state index in [0.29, 0.717) is 18.0 Å². The molecule has 1 amide bonds. The Bertz CT molecular complexity index is 494. The molecule has 0 radical (unpaired) electrons. The zero-order valence-electron chi connectivity index (χ0n) is 9.15. The van der Waals surface area contributed by atoms with Gasteiger partial charge in [-0.3, -0.25) is 4.79 Å². The highest BCUT2D eigenvalue weighted by atomic mass is 35.5. The van der Waals surface area contributed by atoms with Gasteiger partial charge in [0.1, 0.15) is 6.26 Å². The minimum atomic E-state index is -0.143. The number of nitrogens with one attached hydrogen (secondary N) is 1. The van der Waals surface area contributed by atoms with Gasteiger partial charge in [-0.2, -0.15) is 0 Å². The topological polar surface area (TPSA) is 42.2 Å². The molecule has 3 nitrogen and oxygen atoms in total. The van der Waals surface area contributed by atoms with Gasteiger partial charge < -0.3 is 9.73 Å². The molecule has 0 aliphatic rings. The molecule has 88 valence electrons. The molecule has 0 atom stereocenters. The Morgan fingerprint density at radius 3 is 2.82 bits per heavy atom. The van der Waals surface area contributed by atoms with Gasteiger partial charge in [0, 0.05) is 12.4 Å². The number of benzene rings is 1. The van der Waals surface area contributed by atoms with Crippen LogP contribution in [0.25, 0.3) is 0 Å². The highest BCUT2D eigenvalue weighted by Gasteiger charge is 2.05. The van der Waals surface area contributed by atoms with Gasteiger partial charge in [0.2, 0.25) is 0 Å². The Balaban J connectivity index is 1.95. The van der Waals surface area contributed by atoms with Crippen molar-refractivity contribution in [3.63, 3.8) is 0 Å². The van der Waals surface area contributed by atoms with Gasteiger partial charge in [-0.15, -0.1) is 11.6 Å². The van der Waals surface area contributed by atoms with E-state index in [9.17, 15) is 4.79 Å². The summed E-state index contributed by atoms with van der Waals surface area (Å²) >= 11 is 5.74.